The molecule has 0 heterocycles. The summed E-state index contributed by atoms with van der Waals surface area (Å²) >= 11 is 11.2. The maximum atomic E-state index is 5.76. The minimum Gasteiger partial charge on any atom is -0.312 e. The molecule has 1 nitrogen and oxygen atoms in total. The van der Waals surface area contributed by atoms with Crippen molar-refractivity contribution in [1.82, 2.24) is 5.32 Å². The zero-order valence-corrected chi connectivity index (χ0v) is 8.56. The van der Waals surface area contributed by atoms with E-state index in [1.165, 1.54) is 0 Å². The summed E-state index contributed by atoms with van der Waals surface area (Å²) in [6.07, 6.45) is 0. The van der Waals surface area contributed by atoms with Gasteiger partial charge in [0.15, 0.2) is 0 Å². The zero-order chi connectivity index (χ0) is 7.28. The third-order valence-electron chi connectivity index (χ3n) is 1.25. The number of nitrogens with one attached hydrogen (secondary N) is 1. The fourth-order valence-electron chi connectivity index (χ4n) is 0.445. The number of alkyl halides is 2. The zero-order valence-electron chi connectivity index (χ0n) is 6.23. The van der Waals surface area contributed by atoms with Crippen LogP contribution in [0, 0.1) is 0 Å². The van der Waals surface area contributed by atoms with Gasteiger partial charge in [0.25, 0.3) is 0 Å². The maximum absolute atomic E-state index is 5.76. The summed E-state index contributed by atoms with van der Waals surface area (Å²) in [5.74, 6) is 0.647. The molecule has 0 saturated carbocycles. The van der Waals surface area contributed by atoms with Gasteiger partial charge in [0, 0.05) is 23.8 Å². The van der Waals surface area contributed by atoms with Crippen LogP contribution in [0.25, 0.3) is 0 Å². The molecule has 2 atom stereocenters. The first-order chi connectivity index (χ1) is 4.18. The third kappa shape index (κ3) is 6.94. The van der Waals surface area contributed by atoms with Gasteiger partial charge in [-0.3, -0.25) is 0 Å². The van der Waals surface area contributed by atoms with E-state index in [1.54, 1.807) is 0 Å². The van der Waals surface area contributed by atoms with Crippen molar-refractivity contribution in [3.63, 3.8) is 0 Å². The first-order valence-corrected chi connectivity index (χ1v) is 4.09. The van der Waals surface area contributed by atoms with Crippen molar-refractivity contribution >= 4 is 35.6 Å². The van der Waals surface area contributed by atoms with Gasteiger partial charge in [0.2, 0.25) is 0 Å². The average molecular weight is 207 g/mol. The molecule has 0 aromatic heterocycles. The number of hydrogen-bond donors (Lipinski definition) is 1. The highest BCUT2D eigenvalue weighted by Crippen LogP contribution is 1.99. The lowest BCUT2D eigenvalue weighted by molar-refractivity contribution is 0.560. The van der Waals surface area contributed by atoms with Gasteiger partial charge in [0.05, 0.1) is 0 Å². The molecule has 4 heteroatoms. The van der Waals surface area contributed by atoms with Gasteiger partial charge in [-0.15, -0.1) is 35.6 Å². The summed E-state index contributed by atoms with van der Waals surface area (Å²) in [5, 5.41) is 3.34. The lowest BCUT2D eigenvalue weighted by atomic mass is 10.2. The van der Waals surface area contributed by atoms with Crippen molar-refractivity contribution in [3.8, 4) is 0 Å². The van der Waals surface area contributed by atoms with Crippen LogP contribution in [0.2, 0.25) is 0 Å². The first-order valence-electron chi connectivity index (χ1n) is 3.12. The standard InChI is InChI=1S/C6H13Cl2N.ClH/c1-5(8)6(2)9-4-3-7;/h5-6,9H,3-4H2,1-2H3;1H. The van der Waals surface area contributed by atoms with Gasteiger partial charge >= 0.3 is 0 Å². The van der Waals surface area contributed by atoms with Crippen molar-refractivity contribution < 1.29 is 0 Å². The maximum Gasteiger partial charge on any atom is 0.0458 e. The van der Waals surface area contributed by atoms with Crippen molar-refractivity contribution in [3.05, 3.63) is 0 Å². The highest BCUT2D eigenvalue weighted by atomic mass is 35.5. The predicted octanol–water partition coefficient (Wildman–Crippen LogP) is 2.25. The highest BCUT2D eigenvalue weighted by Gasteiger charge is 2.05. The highest BCUT2D eigenvalue weighted by molar-refractivity contribution is 6.20. The molecule has 64 valence electrons. The number of hydrogen-bond acceptors (Lipinski definition) is 1. The number of rotatable bonds is 4. The molecule has 0 aliphatic rings. The molecule has 0 fully saturated rings. The molecule has 0 spiro atoms. The van der Waals surface area contributed by atoms with Crippen LogP contribution in [0.3, 0.4) is 0 Å². The van der Waals surface area contributed by atoms with E-state index < -0.39 is 0 Å². The Kier molecular flexibility index (Phi) is 10.6. The topological polar surface area (TPSA) is 12.0 Å². The monoisotopic (exact) mass is 205 g/mol. The second-order valence-corrected chi connectivity index (χ2v) is 3.18. The molecule has 0 saturated heterocycles. The molecular weight excluding hydrogens is 192 g/mol. The Morgan fingerprint density at radius 2 is 1.90 bits per heavy atom. The van der Waals surface area contributed by atoms with Crippen LogP contribution in [0.5, 0.6) is 0 Å². The second-order valence-electron chi connectivity index (χ2n) is 2.11. The van der Waals surface area contributed by atoms with Gasteiger partial charge in [-0.25, -0.2) is 0 Å². The predicted molar refractivity (Wildman–Crippen MR) is 50.7 cm³/mol. The van der Waals surface area contributed by atoms with Gasteiger partial charge in [-0.1, -0.05) is 0 Å². The van der Waals surface area contributed by atoms with E-state index >= 15 is 0 Å². The van der Waals surface area contributed by atoms with Crippen molar-refractivity contribution in [1.29, 1.82) is 0 Å². The Hall–Kier alpha value is 0.830. The first kappa shape index (κ1) is 13.4. The lowest BCUT2D eigenvalue weighted by Crippen LogP contribution is -2.33. The van der Waals surface area contributed by atoms with E-state index in [-0.39, 0.29) is 17.8 Å². The minimum absolute atomic E-state index is 0. The van der Waals surface area contributed by atoms with Gasteiger partial charge < -0.3 is 5.32 Å². The molecule has 0 amide bonds. The van der Waals surface area contributed by atoms with Crippen LogP contribution >= 0.6 is 35.6 Å². The van der Waals surface area contributed by atoms with Crippen molar-refractivity contribution in [2.75, 3.05) is 12.4 Å². The largest absolute Gasteiger partial charge is 0.312 e. The van der Waals surface area contributed by atoms with E-state index in [0.29, 0.717) is 11.9 Å². The summed E-state index contributed by atoms with van der Waals surface area (Å²) in [4.78, 5) is 0. The molecular formula is C6H14Cl3N. The van der Waals surface area contributed by atoms with Crippen LogP contribution in [-0.2, 0) is 0 Å². The van der Waals surface area contributed by atoms with Crippen LogP contribution in [0.15, 0.2) is 0 Å². The molecule has 0 aromatic rings. The Balaban J connectivity index is 0. The molecule has 2 unspecified atom stereocenters. The Morgan fingerprint density at radius 1 is 1.40 bits per heavy atom. The molecule has 1 N–H and O–H groups in total. The van der Waals surface area contributed by atoms with Crippen LogP contribution in [-0.4, -0.2) is 23.8 Å². The third-order valence-corrected chi connectivity index (χ3v) is 1.82. The van der Waals surface area contributed by atoms with Gasteiger partial charge in [-0.05, 0) is 13.8 Å². The SMILES string of the molecule is CC(Cl)C(C)NCCCl.Cl. The molecule has 0 bridgehead atoms. The summed E-state index contributed by atoms with van der Waals surface area (Å²) in [5.41, 5.74) is 0. The molecule has 0 rings (SSSR count). The van der Waals surface area contributed by atoms with Gasteiger partial charge in [0.1, 0.15) is 0 Å². The van der Waals surface area contributed by atoms with Crippen LogP contribution in [0.1, 0.15) is 13.8 Å². The van der Waals surface area contributed by atoms with E-state index in [1.807, 2.05) is 13.8 Å². The quantitative estimate of drug-likeness (QED) is 0.696. The summed E-state index contributed by atoms with van der Waals surface area (Å²) in [6, 6.07) is 0.352. The Labute approximate surface area is 78.9 Å². The van der Waals surface area contributed by atoms with E-state index in [9.17, 15) is 0 Å². The molecule has 10 heavy (non-hydrogen) atoms. The second kappa shape index (κ2) is 7.93. The molecule has 0 aliphatic heterocycles. The van der Waals surface area contributed by atoms with Gasteiger partial charge in [-0.2, -0.15) is 0 Å². The normalized spacial score (nSPS) is 15.6. The Morgan fingerprint density at radius 3 is 2.20 bits per heavy atom. The van der Waals surface area contributed by atoms with E-state index in [4.69, 9.17) is 23.2 Å². The molecule has 0 radical (unpaired) electrons. The average Bonchev–Trinajstić information content (AvgIpc) is 1.82. The van der Waals surface area contributed by atoms with E-state index in [2.05, 4.69) is 5.32 Å². The van der Waals surface area contributed by atoms with Crippen molar-refractivity contribution in [2.24, 2.45) is 0 Å². The smallest absolute Gasteiger partial charge is 0.0458 e. The lowest BCUT2D eigenvalue weighted by Gasteiger charge is -2.14. The minimum atomic E-state index is 0. The van der Waals surface area contributed by atoms with Crippen molar-refractivity contribution in [2.45, 2.75) is 25.3 Å². The fourth-order valence-corrected chi connectivity index (χ4v) is 0.643. The summed E-state index contributed by atoms with van der Waals surface area (Å²) < 4.78 is 0. The number of halogens is 3. The molecule has 0 aliphatic carbocycles. The van der Waals surface area contributed by atoms with Crippen LogP contribution < -0.4 is 5.32 Å². The fraction of sp³-hybridized carbons (Fsp3) is 1.00. The summed E-state index contributed by atoms with van der Waals surface area (Å²) in [7, 11) is 0. The van der Waals surface area contributed by atoms with E-state index in [0.717, 1.165) is 6.54 Å². The van der Waals surface area contributed by atoms with Crippen LogP contribution in [0.4, 0.5) is 0 Å². The summed E-state index contributed by atoms with van der Waals surface area (Å²) in [6.45, 7) is 4.84. The Bertz CT molecular complexity index is 68.0. The molecule has 0 aromatic carbocycles.